The van der Waals surface area contributed by atoms with Crippen LogP contribution in [-0.4, -0.2) is 30.4 Å². The quantitative estimate of drug-likeness (QED) is 0.354. The molecule has 0 radical (unpaired) electrons. The molecule has 0 aliphatic heterocycles. The molecule has 7 nitrogen and oxygen atoms in total. The van der Waals surface area contributed by atoms with Gasteiger partial charge < -0.3 is 29.2 Å². The SMILES string of the molecule is COC(=O)c1c(Oc2c(CO)cccc2OCc2ccccc2)ccc(C(O)CC(C)C)c1OC. The summed E-state index contributed by atoms with van der Waals surface area (Å²) in [6.07, 6.45) is -0.348. The molecule has 3 aromatic rings. The number of aliphatic hydroxyl groups excluding tert-OH is 2. The lowest BCUT2D eigenvalue weighted by molar-refractivity contribution is 0.0593. The Labute approximate surface area is 205 Å². The van der Waals surface area contributed by atoms with E-state index in [1.54, 1.807) is 30.3 Å². The second kappa shape index (κ2) is 12.2. The first kappa shape index (κ1) is 26.1. The highest BCUT2D eigenvalue weighted by atomic mass is 16.5. The number of aliphatic hydroxyl groups is 2. The Balaban J connectivity index is 2.04. The van der Waals surface area contributed by atoms with Gasteiger partial charge in [0.2, 0.25) is 0 Å². The topological polar surface area (TPSA) is 94.5 Å². The van der Waals surface area contributed by atoms with Crippen molar-refractivity contribution < 1.29 is 34.0 Å². The molecule has 0 heterocycles. The van der Waals surface area contributed by atoms with Gasteiger partial charge in [0.1, 0.15) is 23.7 Å². The lowest BCUT2D eigenvalue weighted by Gasteiger charge is -2.22. The van der Waals surface area contributed by atoms with E-state index in [4.69, 9.17) is 18.9 Å². The molecule has 0 amide bonds. The van der Waals surface area contributed by atoms with Crippen molar-refractivity contribution in [3.05, 3.63) is 82.9 Å². The Kier molecular flexibility index (Phi) is 9.11. The lowest BCUT2D eigenvalue weighted by atomic mass is 9.96. The van der Waals surface area contributed by atoms with Gasteiger partial charge in [-0.1, -0.05) is 56.3 Å². The van der Waals surface area contributed by atoms with Crippen LogP contribution in [0.5, 0.6) is 23.0 Å². The summed E-state index contributed by atoms with van der Waals surface area (Å²) >= 11 is 0. The van der Waals surface area contributed by atoms with E-state index in [0.29, 0.717) is 29.9 Å². The normalized spacial score (nSPS) is 11.7. The van der Waals surface area contributed by atoms with Gasteiger partial charge in [-0.3, -0.25) is 0 Å². The molecule has 0 saturated carbocycles. The fourth-order valence-electron chi connectivity index (χ4n) is 3.78. The van der Waals surface area contributed by atoms with Crippen molar-refractivity contribution >= 4 is 5.97 Å². The summed E-state index contributed by atoms with van der Waals surface area (Å²) in [6, 6.07) is 18.1. The van der Waals surface area contributed by atoms with E-state index in [2.05, 4.69) is 0 Å². The number of methoxy groups -OCH3 is 2. The number of carbonyl (C=O) groups excluding carboxylic acids is 1. The molecule has 186 valence electrons. The molecule has 0 saturated heterocycles. The number of ether oxygens (including phenoxy) is 4. The Bertz CT molecular complexity index is 1130. The maximum absolute atomic E-state index is 12.8. The number of hydrogen-bond donors (Lipinski definition) is 2. The van der Waals surface area contributed by atoms with Gasteiger partial charge in [0, 0.05) is 11.1 Å². The molecule has 1 atom stereocenters. The molecule has 0 aliphatic rings. The molecule has 35 heavy (non-hydrogen) atoms. The van der Waals surface area contributed by atoms with E-state index in [1.165, 1.54) is 14.2 Å². The minimum Gasteiger partial charge on any atom is -0.495 e. The van der Waals surface area contributed by atoms with Crippen molar-refractivity contribution in [1.29, 1.82) is 0 Å². The smallest absolute Gasteiger partial charge is 0.345 e. The summed E-state index contributed by atoms with van der Waals surface area (Å²) in [5, 5.41) is 20.7. The highest BCUT2D eigenvalue weighted by Gasteiger charge is 2.27. The zero-order valence-electron chi connectivity index (χ0n) is 20.5. The molecule has 0 aromatic heterocycles. The third-order valence-electron chi connectivity index (χ3n) is 5.48. The number of carbonyl (C=O) groups is 1. The Morgan fingerprint density at radius 3 is 2.29 bits per heavy atom. The zero-order valence-corrected chi connectivity index (χ0v) is 20.5. The summed E-state index contributed by atoms with van der Waals surface area (Å²) in [5.74, 6) is 0.555. The van der Waals surface area contributed by atoms with Gasteiger partial charge in [-0.2, -0.15) is 0 Å². The predicted molar refractivity (Wildman–Crippen MR) is 132 cm³/mol. The summed E-state index contributed by atoms with van der Waals surface area (Å²) in [5.41, 5.74) is 1.95. The van der Waals surface area contributed by atoms with Gasteiger partial charge in [-0.15, -0.1) is 0 Å². The molecular formula is C28H32O7. The maximum Gasteiger partial charge on any atom is 0.345 e. The van der Waals surface area contributed by atoms with Gasteiger partial charge in [-0.25, -0.2) is 4.79 Å². The van der Waals surface area contributed by atoms with Crippen LogP contribution in [0.2, 0.25) is 0 Å². The number of esters is 1. The highest BCUT2D eigenvalue weighted by Crippen LogP contribution is 2.42. The second-order valence-electron chi connectivity index (χ2n) is 8.48. The van der Waals surface area contributed by atoms with E-state index in [0.717, 1.165) is 5.56 Å². The van der Waals surface area contributed by atoms with Gasteiger partial charge in [0.05, 0.1) is 26.9 Å². The summed E-state index contributed by atoms with van der Waals surface area (Å²) in [7, 11) is 2.69. The molecule has 2 N–H and O–H groups in total. The summed E-state index contributed by atoms with van der Waals surface area (Å²) < 4.78 is 22.7. The number of para-hydroxylation sites is 1. The Morgan fingerprint density at radius 2 is 1.66 bits per heavy atom. The van der Waals surface area contributed by atoms with Crippen LogP contribution in [0, 0.1) is 5.92 Å². The van der Waals surface area contributed by atoms with E-state index in [9.17, 15) is 15.0 Å². The Hall–Kier alpha value is -3.55. The first-order valence-corrected chi connectivity index (χ1v) is 11.4. The first-order valence-electron chi connectivity index (χ1n) is 11.4. The number of rotatable bonds is 11. The maximum atomic E-state index is 12.8. The van der Waals surface area contributed by atoms with E-state index >= 15 is 0 Å². The average Bonchev–Trinajstić information content (AvgIpc) is 2.87. The van der Waals surface area contributed by atoms with Crippen LogP contribution < -0.4 is 14.2 Å². The van der Waals surface area contributed by atoms with Gasteiger partial charge >= 0.3 is 5.97 Å². The molecular weight excluding hydrogens is 448 g/mol. The Morgan fingerprint density at radius 1 is 0.914 bits per heavy atom. The lowest BCUT2D eigenvalue weighted by Crippen LogP contribution is -2.12. The molecule has 3 rings (SSSR count). The van der Waals surface area contributed by atoms with Crippen LogP contribution >= 0.6 is 0 Å². The molecule has 1 unspecified atom stereocenters. The molecule has 7 heteroatoms. The minimum atomic E-state index is -0.836. The molecule has 0 bridgehead atoms. The molecule has 0 spiro atoms. The number of benzene rings is 3. The zero-order chi connectivity index (χ0) is 25.4. The summed E-state index contributed by atoms with van der Waals surface area (Å²) in [4.78, 5) is 12.8. The summed E-state index contributed by atoms with van der Waals surface area (Å²) in [6.45, 7) is 3.99. The van der Waals surface area contributed by atoms with E-state index in [-0.39, 0.29) is 35.3 Å². The van der Waals surface area contributed by atoms with Crippen LogP contribution in [0.4, 0.5) is 0 Å². The van der Waals surface area contributed by atoms with Crippen molar-refractivity contribution in [2.75, 3.05) is 14.2 Å². The third kappa shape index (κ3) is 6.32. The van der Waals surface area contributed by atoms with Gasteiger partial charge in [0.25, 0.3) is 0 Å². The van der Waals surface area contributed by atoms with Crippen molar-refractivity contribution in [3.8, 4) is 23.0 Å². The monoisotopic (exact) mass is 480 g/mol. The van der Waals surface area contributed by atoms with Crippen LogP contribution in [0.25, 0.3) is 0 Å². The van der Waals surface area contributed by atoms with Crippen molar-refractivity contribution in [2.45, 2.75) is 39.6 Å². The van der Waals surface area contributed by atoms with E-state index in [1.807, 2.05) is 44.2 Å². The van der Waals surface area contributed by atoms with Crippen LogP contribution in [0.3, 0.4) is 0 Å². The average molecular weight is 481 g/mol. The van der Waals surface area contributed by atoms with Gasteiger partial charge in [0.15, 0.2) is 11.5 Å². The van der Waals surface area contributed by atoms with Crippen LogP contribution in [0.15, 0.2) is 60.7 Å². The molecule has 3 aromatic carbocycles. The van der Waals surface area contributed by atoms with Crippen LogP contribution in [0.1, 0.15) is 53.4 Å². The molecule has 0 fully saturated rings. The van der Waals surface area contributed by atoms with Gasteiger partial charge in [-0.05, 0) is 36.1 Å². The van der Waals surface area contributed by atoms with Crippen molar-refractivity contribution in [3.63, 3.8) is 0 Å². The number of hydrogen-bond acceptors (Lipinski definition) is 7. The fourth-order valence-corrected chi connectivity index (χ4v) is 3.78. The van der Waals surface area contributed by atoms with E-state index < -0.39 is 12.1 Å². The first-order chi connectivity index (χ1) is 16.9. The van der Waals surface area contributed by atoms with Crippen molar-refractivity contribution in [1.82, 2.24) is 0 Å². The molecule has 0 aliphatic carbocycles. The second-order valence-corrected chi connectivity index (χ2v) is 8.48. The highest BCUT2D eigenvalue weighted by molar-refractivity contribution is 5.96. The largest absolute Gasteiger partial charge is 0.495 e. The fraction of sp³-hybridized carbons (Fsp3) is 0.321. The standard InChI is InChI=1S/C28H32O7/c1-18(2)15-22(30)21-13-14-23(25(27(21)32-3)28(31)33-4)35-26-20(16-29)11-8-12-24(26)34-17-19-9-6-5-7-10-19/h5-14,18,22,29-30H,15-17H2,1-4H3. The van der Waals surface area contributed by atoms with Crippen molar-refractivity contribution in [2.24, 2.45) is 5.92 Å². The minimum absolute atomic E-state index is 0.0389. The van der Waals surface area contributed by atoms with Crippen LogP contribution in [-0.2, 0) is 18.0 Å². The predicted octanol–water partition coefficient (Wildman–Crippen LogP) is 5.42. The third-order valence-corrected chi connectivity index (χ3v) is 5.48.